The standard InChI is InChI=1S/C19H25NO2/c1-13(2)20-16-9-10-17(20)12-18(11-16)22-19(21)14(3)15-7-5-4-6-8-15/h4-8,13,16-18H,3,9-12H2,1-2H3/t16-,17+,18?. The van der Waals surface area contributed by atoms with Gasteiger partial charge in [-0.2, -0.15) is 0 Å². The van der Waals surface area contributed by atoms with Crippen LogP contribution < -0.4 is 0 Å². The van der Waals surface area contributed by atoms with Crippen LogP contribution >= 0.6 is 0 Å². The van der Waals surface area contributed by atoms with Crippen LogP contribution in [0, 0.1) is 0 Å². The third kappa shape index (κ3) is 2.95. The lowest BCUT2D eigenvalue weighted by Gasteiger charge is -2.41. The van der Waals surface area contributed by atoms with Crippen molar-refractivity contribution in [3.63, 3.8) is 0 Å². The SMILES string of the molecule is C=C(C(=O)OC1C[C@H]2CC[C@@H](C1)N2C(C)C)c1ccccc1. The van der Waals surface area contributed by atoms with Gasteiger partial charge in [0.15, 0.2) is 0 Å². The minimum Gasteiger partial charge on any atom is -0.459 e. The lowest BCUT2D eigenvalue weighted by molar-refractivity contribution is -0.145. The molecule has 1 unspecified atom stereocenters. The van der Waals surface area contributed by atoms with Crippen LogP contribution in [0.5, 0.6) is 0 Å². The van der Waals surface area contributed by atoms with Crippen molar-refractivity contribution in [3.05, 3.63) is 42.5 Å². The highest BCUT2D eigenvalue weighted by atomic mass is 16.5. The maximum Gasteiger partial charge on any atom is 0.338 e. The number of nitrogens with zero attached hydrogens (tertiary/aromatic N) is 1. The molecule has 0 aliphatic carbocycles. The van der Waals surface area contributed by atoms with Crippen molar-refractivity contribution in [2.45, 2.75) is 63.8 Å². The van der Waals surface area contributed by atoms with Crippen molar-refractivity contribution < 1.29 is 9.53 Å². The summed E-state index contributed by atoms with van der Waals surface area (Å²) in [4.78, 5) is 14.9. The van der Waals surface area contributed by atoms with E-state index >= 15 is 0 Å². The molecular formula is C19H25NO2. The predicted molar refractivity (Wildman–Crippen MR) is 88.4 cm³/mol. The fourth-order valence-corrected chi connectivity index (χ4v) is 4.08. The Hall–Kier alpha value is -1.61. The average molecular weight is 299 g/mol. The number of carbonyl (C=O) groups excluding carboxylic acids is 1. The lowest BCUT2D eigenvalue weighted by atomic mass is 9.98. The van der Waals surface area contributed by atoms with E-state index in [1.165, 1.54) is 12.8 Å². The van der Waals surface area contributed by atoms with Crippen molar-refractivity contribution in [1.29, 1.82) is 0 Å². The molecule has 1 aromatic rings. The molecule has 0 amide bonds. The van der Waals surface area contributed by atoms with Gasteiger partial charge in [-0.25, -0.2) is 4.79 Å². The Balaban J connectivity index is 1.61. The van der Waals surface area contributed by atoms with Gasteiger partial charge in [0.2, 0.25) is 0 Å². The van der Waals surface area contributed by atoms with Gasteiger partial charge in [0.25, 0.3) is 0 Å². The van der Waals surface area contributed by atoms with Gasteiger partial charge < -0.3 is 4.74 Å². The van der Waals surface area contributed by atoms with Gasteiger partial charge in [0.1, 0.15) is 6.10 Å². The zero-order valence-electron chi connectivity index (χ0n) is 13.5. The lowest BCUT2D eigenvalue weighted by Crippen LogP contribution is -2.49. The third-order valence-corrected chi connectivity index (χ3v) is 4.98. The number of ether oxygens (including phenoxy) is 1. The second kappa shape index (κ2) is 6.25. The number of piperidine rings is 1. The zero-order valence-corrected chi connectivity index (χ0v) is 13.5. The summed E-state index contributed by atoms with van der Waals surface area (Å²) in [6.07, 6.45) is 4.43. The van der Waals surface area contributed by atoms with E-state index in [4.69, 9.17) is 4.74 Å². The Bertz CT molecular complexity index is 538. The van der Waals surface area contributed by atoms with Gasteiger partial charge in [0, 0.05) is 31.0 Å². The minimum absolute atomic E-state index is 0.0421. The quantitative estimate of drug-likeness (QED) is 0.628. The summed E-state index contributed by atoms with van der Waals surface area (Å²) < 4.78 is 5.75. The van der Waals surface area contributed by atoms with Crippen LogP contribution in [0.2, 0.25) is 0 Å². The van der Waals surface area contributed by atoms with Crippen molar-refractivity contribution >= 4 is 11.5 Å². The van der Waals surface area contributed by atoms with Crippen molar-refractivity contribution in [2.24, 2.45) is 0 Å². The average Bonchev–Trinajstić information content (AvgIpc) is 2.79. The van der Waals surface area contributed by atoms with Crippen LogP contribution in [0.15, 0.2) is 36.9 Å². The number of hydrogen-bond acceptors (Lipinski definition) is 3. The zero-order chi connectivity index (χ0) is 15.7. The van der Waals surface area contributed by atoms with E-state index in [-0.39, 0.29) is 12.1 Å². The molecule has 2 saturated heterocycles. The molecule has 3 heteroatoms. The molecule has 2 heterocycles. The molecule has 1 aromatic carbocycles. The summed E-state index contributed by atoms with van der Waals surface area (Å²) in [5.74, 6) is -0.270. The fraction of sp³-hybridized carbons (Fsp3) is 0.526. The van der Waals surface area contributed by atoms with E-state index in [1.54, 1.807) is 0 Å². The highest BCUT2D eigenvalue weighted by Crippen LogP contribution is 2.38. The van der Waals surface area contributed by atoms with Crippen LogP contribution in [0.4, 0.5) is 0 Å². The minimum atomic E-state index is -0.270. The molecule has 2 aliphatic rings. The van der Waals surface area contributed by atoms with Gasteiger partial charge in [-0.05, 0) is 32.3 Å². The largest absolute Gasteiger partial charge is 0.459 e. The first-order valence-electron chi connectivity index (χ1n) is 8.29. The van der Waals surface area contributed by atoms with Crippen LogP contribution in [0.1, 0.15) is 45.1 Å². The number of esters is 1. The highest BCUT2D eigenvalue weighted by Gasteiger charge is 2.43. The van der Waals surface area contributed by atoms with Crippen LogP contribution in [-0.2, 0) is 9.53 Å². The van der Waals surface area contributed by atoms with Gasteiger partial charge in [0.05, 0.1) is 5.57 Å². The molecule has 0 N–H and O–H groups in total. The van der Waals surface area contributed by atoms with Crippen molar-refractivity contribution in [2.75, 3.05) is 0 Å². The molecule has 2 aliphatic heterocycles. The molecule has 0 spiro atoms. The van der Waals surface area contributed by atoms with Gasteiger partial charge >= 0.3 is 5.97 Å². The molecule has 3 atom stereocenters. The maximum atomic E-state index is 12.3. The summed E-state index contributed by atoms with van der Waals surface area (Å²) in [6, 6.07) is 11.3. The first kappa shape index (κ1) is 15.3. The van der Waals surface area contributed by atoms with Crippen molar-refractivity contribution in [3.8, 4) is 0 Å². The molecule has 2 bridgehead atoms. The molecule has 3 rings (SSSR count). The van der Waals surface area contributed by atoms with E-state index in [0.717, 1.165) is 18.4 Å². The molecule has 118 valence electrons. The predicted octanol–water partition coefficient (Wildman–Crippen LogP) is 3.65. The Morgan fingerprint density at radius 3 is 2.32 bits per heavy atom. The van der Waals surface area contributed by atoms with Gasteiger partial charge in [-0.3, -0.25) is 4.90 Å². The Kier molecular flexibility index (Phi) is 4.34. The maximum absolute atomic E-state index is 12.3. The monoisotopic (exact) mass is 299 g/mol. The van der Waals surface area contributed by atoms with Crippen LogP contribution in [0.3, 0.4) is 0 Å². The summed E-state index contributed by atoms with van der Waals surface area (Å²) in [7, 11) is 0. The molecule has 0 radical (unpaired) electrons. The molecule has 2 fully saturated rings. The number of fused-ring (bicyclic) bond motifs is 2. The number of benzene rings is 1. The van der Waals surface area contributed by atoms with Crippen LogP contribution in [-0.4, -0.2) is 35.1 Å². The normalized spacial score (nSPS) is 27.9. The van der Waals surface area contributed by atoms with E-state index in [1.807, 2.05) is 30.3 Å². The van der Waals surface area contributed by atoms with E-state index < -0.39 is 0 Å². The Morgan fingerprint density at radius 2 is 1.77 bits per heavy atom. The first-order chi connectivity index (χ1) is 10.6. The molecule has 0 aromatic heterocycles. The second-order valence-electron chi connectivity index (χ2n) is 6.77. The number of rotatable bonds is 4. The molecular weight excluding hydrogens is 274 g/mol. The Morgan fingerprint density at radius 1 is 1.18 bits per heavy atom. The highest BCUT2D eigenvalue weighted by molar-refractivity contribution is 6.15. The summed E-state index contributed by atoms with van der Waals surface area (Å²) in [6.45, 7) is 8.42. The van der Waals surface area contributed by atoms with Crippen LogP contribution in [0.25, 0.3) is 5.57 Å². The fourth-order valence-electron chi connectivity index (χ4n) is 4.08. The molecule has 3 nitrogen and oxygen atoms in total. The van der Waals surface area contributed by atoms with Gasteiger partial charge in [-0.1, -0.05) is 36.9 Å². The van der Waals surface area contributed by atoms with E-state index in [2.05, 4.69) is 25.3 Å². The summed E-state index contributed by atoms with van der Waals surface area (Å²) in [5, 5.41) is 0. The summed E-state index contributed by atoms with van der Waals surface area (Å²) >= 11 is 0. The number of hydrogen-bond donors (Lipinski definition) is 0. The summed E-state index contributed by atoms with van der Waals surface area (Å²) in [5.41, 5.74) is 1.30. The topological polar surface area (TPSA) is 29.5 Å². The van der Waals surface area contributed by atoms with E-state index in [0.29, 0.717) is 23.7 Å². The van der Waals surface area contributed by atoms with Crippen molar-refractivity contribution in [1.82, 2.24) is 4.90 Å². The second-order valence-corrected chi connectivity index (χ2v) is 6.77. The Labute approximate surface area is 133 Å². The molecule has 22 heavy (non-hydrogen) atoms. The molecule has 0 saturated carbocycles. The van der Waals surface area contributed by atoms with Gasteiger partial charge in [-0.15, -0.1) is 0 Å². The van der Waals surface area contributed by atoms with E-state index in [9.17, 15) is 4.79 Å². The third-order valence-electron chi connectivity index (χ3n) is 4.98. The first-order valence-corrected chi connectivity index (χ1v) is 8.29. The number of carbonyl (C=O) groups is 1. The smallest absolute Gasteiger partial charge is 0.338 e.